The number of rotatable bonds is 4. The molecule has 8 heteroatoms. The Morgan fingerprint density at radius 1 is 1.19 bits per heavy atom. The lowest BCUT2D eigenvalue weighted by atomic mass is 10.1. The van der Waals surface area contributed by atoms with Gasteiger partial charge < -0.3 is 4.74 Å². The fraction of sp³-hybridized carbons (Fsp3) is 0.0526. The first-order chi connectivity index (χ1) is 13.0. The first-order valence-corrected chi connectivity index (χ1v) is 8.55. The van der Waals surface area contributed by atoms with Gasteiger partial charge in [-0.1, -0.05) is 29.8 Å². The molecule has 0 aromatic heterocycles. The first kappa shape index (κ1) is 18.6. The molecule has 1 aliphatic rings. The van der Waals surface area contributed by atoms with Gasteiger partial charge in [-0.15, -0.1) is 0 Å². The Balaban J connectivity index is 2.00. The minimum Gasteiger partial charge on any atom is -0.478 e. The predicted molar refractivity (Wildman–Crippen MR) is 105 cm³/mol. The Bertz CT molecular complexity index is 996. The van der Waals surface area contributed by atoms with Crippen LogP contribution in [0.1, 0.15) is 5.56 Å². The molecule has 1 saturated heterocycles. The molecule has 1 aliphatic heterocycles. The number of carbonyl (C=O) groups is 2. The van der Waals surface area contributed by atoms with Crippen LogP contribution in [0, 0.1) is 11.3 Å². The molecule has 2 aromatic rings. The highest BCUT2D eigenvalue weighted by atomic mass is 35.5. The molecule has 1 heterocycles. The quantitative estimate of drug-likeness (QED) is 0.487. The summed E-state index contributed by atoms with van der Waals surface area (Å²) in [6.07, 6.45) is 1.41. The number of hydrogen-bond donors (Lipinski definition) is 1. The number of anilines is 1. The highest BCUT2D eigenvalue weighted by molar-refractivity contribution is 7.80. The molecule has 2 aromatic carbocycles. The molecular weight excluding hydrogens is 386 g/mol. The lowest BCUT2D eigenvalue weighted by molar-refractivity contribution is -0.122. The normalized spacial score (nSPS) is 15.5. The van der Waals surface area contributed by atoms with Crippen LogP contribution in [0.25, 0.3) is 6.08 Å². The van der Waals surface area contributed by atoms with Gasteiger partial charge in [0.05, 0.1) is 5.69 Å². The number of nitrogens with one attached hydrogen (secondary N) is 1. The van der Waals surface area contributed by atoms with Crippen LogP contribution < -0.4 is 15.0 Å². The fourth-order valence-electron chi connectivity index (χ4n) is 2.48. The lowest BCUT2D eigenvalue weighted by Gasteiger charge is -2.29. The van der Waals surface area contributed by atoms with Gasteiger partial charge in [-0.3, -0.25) is 19.8 Å². The van der Waals surface area contributed by atoms with E-state index in [9.17, 15) is 9.59 Å². The lowest BCUT2D eigenvalue weighted by Crippen LogP contribution is -2.54. The third-order valence-electron chi connectivity index (χ3n) is 3.70. The molecule has 27 heavy (non-hydrogen) atoms. The van der Waals surface area contributed by atoms with E-state index in [2.05, 4.69) is 5.32 Å². The van der Waals surface area contributed by atoms with E-state index in [-0.39, 0.29) is 17.3 Å². The van der Waals surface area contributed by atoms with Crippen molar-refractivity contribution in [2.75, 3.05) is 11.5 Å². The molecule has 2 amide bonds. The smallest absolute Gasteiger partial charge is 0.270 e. The van der Waals surface area contributed by atoms with Crippen molar-refractivity contribution < 1.29 is 14.3 Å². The minimum absolute atomic E-state index is 0.0153. The van der Waals surface area contributed by atoms with Crippen LogP contribution in [0.4, 0.5) is 5.69 Å². The van der Waals surface area contributed by atoms with E-state index in [0.29, 0.717) is 22.0 Å². The number of benzene rings is 2. The van der Waals surface area contributed by atoms with E-state index in [0.717, 1.165) is 0 Å². The maximum absolute atomic E-state index is 12.9. The molecule has 3 rings (SSSR count). The Morgan fingerprint density at radius 3 is 2.59 bits per heavy atom. The van der Waals surface area contributed by atoms with Crippen molar-refractivity contribution in [2.24, 2.45) is 0 Å². The SMILES string of the molecule is N#CCOc1ccccc1C=C1C(=O)NC(=S)N(c2ccc(Cl)cc2)C1=O. The van der Waals surface area contributed by atoms with Crippen molar-refractivity contribution in [3.8, 4) is 11.8 Å². The van der Waals surface area contributed by atoms with Crippen LogP contribution in [0.3, 0.4) is 0 Å². The summed E-state index contributed by atoms with van der Waals surface area (Å²) in [5.74, 6) is -0.787. The van der Waals surface area contributed by atoms with Gasteiger partial charge in [-0.25, -0.2) is 0 Å². The average molecular weight is 398 g/mol. The summed E-state index contributed by atoms with van der Waals surface area (Å²) in [5, 5.41) is 11.7. The number of para-hydroxylation sites is 1. The van der Waals surface area contributed by atoms with E-state index >= 15 is 0 Å². The molecule has 1 fully saturated rings. The summed E-state index contributed by atoms with van der Waals surface area (Å²) in [5.41, 5.74) is 0.871. The maximum Gasteiger partial charge on any atom is 0.270 e. The number of nitriles is 1. The van der Waals surface area contributed by atoms with Crippen LogP contribution in [0.5, 0.6) is 5.75 Å². The summed E-state index contributed by atoms with van der Waals surface area (Å²) in [4.78, 5) is 26.5. The first-order valence-electron chi connectivity index (χ1n) is 7.77. The number of carbonyl (C=O) groups excluding carboxylic acids is 2. The Morgan fingerprint density at radius 2 is 1.89 bits per heavy atom. The van der Waals surface area contributed by atoms with Crippen LogP contribution in [-0.4, -0.2) is 23.5 Å². The summed E-state index contributed by atoms with van der Waals surface area (Å²) in [6.45, 7) is -0.151. The van der Waals surface area contributed by atoms with Crippen LogP contribution in [0.15, 0.2) is 54.1 Å². The highest BCUT2D eigenvalue weighted by Gasteiger charge is 2.34. The molecule has 0 aliphatic carbocycles. The van der Waals surface area contributed by atoms with Crippen LogP contribution in [-0.2, 0) is 9.59 Å². The molecule has 0 atom stereocenters. The van der Waals surface area contributed by atoms with E-state index < -0.39 is 11.8 Å². The zero-order valence-electron chi connectivity index (χ0n) is 13.8. The minimum atomic E-state index is -0.606. The molecule has 6 nitrogen and oxygen atoms in total. The average Bonchev–Trinajstić information content (AvgIpc) is 2.65. The third-order valence-corrected chi connectivity index (χ3v) is 4.23. The van der Waals surface area contributed by atoms with E-state index in [1.165, 1.54) is 11.0 Å². The van der Waals surface area contributed by atoms with E-state index in [1.54, 1.807) is 48.5 Å². The highest BCUT2D eigenvalue weighted by Crippen LogP contribution is 2.26. The van der Waals surface area contributed by atoms with Crippen molar-refractivity contribution in [1.29, 1.82) is 5.26 Å². The summed E-state index contributed by atoms with van der Waals surface area (Å²) < 4.78 is 5.34. The van der Waals surface area contributed by atoms with E-state index in [1.807, 2.05) is 6.07 Å². The van der Waals surface area contributed by atoms with Crippen molar-refractivity contribution in [3.05, 3.63) is 64.7 Å². The van der Waals surface area contributed by atoms with Crippen molar-refractivity contribution in [3.63, 3.8) is 0 Å². The molecule has 0 unspecified atom stereocenters. The van der Waals surface area contributed by atoms with Gasteiger partial charge in [-0.2, -0.15) is 5.26 Å². The Hall–Kier alpha value is -3.21. The van der Waals surface area contributed by atoms with Gasteiger partial charge >= 0.3 is 0 Å². The predicted octanol–water partition coefficient (Wildman–Crippen LogP) is 3.07. The summed E-state index contributed by atoms with van der Waals surface area (Å²) >= 11 is 11.0. The molecular formula is C19H12ClN3O3S. The number of thiocarbonyl (C=S) groups is 1. The molecule has 0 saturated carbocycles. The topological polar surface area (TPSA) is 82.4 Å². The molecule has 0 bridgehead atoms. The summed E-state index contributed by atoms with van der Waals surface area (Å²) in [7, 11) is 0. The van der Waals surface area contributed by atoms with Gasteiger partial charge in [-0.05, 0) is 48.6 Å². The van der Waals surface area contributed by atoms with Crippen LogP contribution >= 0.6 is 23.8 Å². The van der Waals surface area contributed by atoms with Gasteiger partial charge in [0.25, 0.3) is 11.8 Å². The van der Waals surface area contributed by atoms with Gasteiger partial charge in [0, 0.05) is 10.6 Å². The maximum atomic E-state index is 12.9. The number of hydrogen-bond acceptors (Lipinski definition) is 5. The number of amides is 2. The number of halogens is 1. The largest absolute Gasteiger partial charge is 0.478 e. The molecule has 134 valence electrons. The van der Waals surface area contributed by atoms with Crippen molar-refractivity contribution >= 4 is 52.5 Å². The number of nitrogens with zero attached hydrogens (tertiary/aromatic N) is 2. The van der Waals surface area contributed by atoms with Gasteiger partial charge in [0.1, 0.15) is 17.4 Å². The molecule has 0 radical (unpaired) electrons. The Labute approximate surface area is 165 Å². The molecule has 0 spiro atoms. The zero-order chi connectivity index (χ0) is 19.4. The molecule has 1 N–H and O–H groups in total. The summed E-state index contributed by atoms with van der Waals surface area (Å²) in [6, 6.07) is 15.2. The van der Waals surface area contributed by atoms with Crippen LogP contribution in [0.2, 0.25) is 5.02 Å². The van der Waals surface area contributed by atoms with Gasteiger partial charge in [0.15, 0.2) is 11.7 Å². The third kappa shape index (κ3) is 3.97. The monoisotopic (exact) mass is 397 g/mol. The second-order valence-corrected chi connectivity index (χ2v) is 6.24. The standard InChI is InChI=1S/C19H12ClN3O3S/c20-13-5-7-14(8-6-13)23-18(25)15(17(24)22-19(23)27)11-12-3-1-2-4-16(12)26-10-9-21/h1-8,11H,10H2,(H,22,24,27). The van der Waals surface area contributed by atoms with Crippen molar-refractivity contribution in [2.45, 2.75) is 0 Å². The Kier molecular flexibility index (Phi) is 5.50. The fourth-order valence-corrected chi connectivity index (χ4v) is 2.89. The second kappa shape index (κ2) is 7.99. The second-order valence-electron chi connectivity index (χ2n) is 5.42. The van der Waals surface area contributed by atoms with Crippen molar-refractivity contribution in [1.82, 2.24) is 5.32 Å². The number of ether oxygens (including phenoxy) is 1. The zero-order valence-corrected chi connectivity index (χ0v) is 15.4. The van der Waals surface area contributed by atoms with Gasteiger partial charge in [0.2, 0.25) is 0 Å². The van der Waals surface area contributed by atoms with E-state index in [4.69, 9.17) is 33.8 Å².